The molecule has 3 N–H and O–H groups in total. The van der Waals surface area contributed by atoms with Gasteiger partial charge >= 0.3 is 0 Å². The van der Waals surface area contributed by atoms with Crippen LogP contribution in [0.1, 0.15) is 32.6 Å². The first-order valence-corrected chi connectivity index (χ1v) is 8.41. The van der Waals surface area contributed by atoms with Crippen LogP contribution in [0.4, 0.5) is 5.13 Å². The zero-order valence-corrected chi connectivity index (χ0v) is 15.8. The Balaban J connectivity index is 0.00000144. The second-order valence-corrected chi connectivity index (χ2v) is 6.90. The molecule has 0 spiro atoms. The molecule has 1 aliphatic rings. The summed E-state index contributed by atoms with van der Waals surface area (Å²) in [5.41, 5.74) is 7.44. The van der Waals surface area contributed by atoms with Crippen LogP contribution in [0, 0.1) is 5.92 Å². The molecule has 1 aliphatic carbocycles. The van der Waals surface area contributed by atoms with E-state index in [1.807, 2.05) is 30.5 Å². The minimum atomic E-state index is -0.427. The molecule has 0 aliphatic heterocycles. The number of anilines is 1. The Labute approximate surface area is 158 Å². The molecule has 2 unspecified atom stereocenters. The van der Waals surface area contributed by atoms with Gasteiger partial charge in [-0.2, -0.15) is 0 Å². The van der Waals surface area contributed by atoms with E-state index in [1.54, 1.807) is 6.20 Å². The SMILES string of the molecule is CC1(N)CCCCC1C(=O)Nc1nc(-c2ccccn2)cs1.Cl.Cl. The van der Waals surface area contributed by atoms with E-state index in [0.29, 0.717) is 5.13 Å². The maximum atomic E-state index is 12.5. The van der Waals surface area contributed by atoms with Gasteiger partial charge < -0.3 is 11.1 Å². The van der Waals surface area contributed by atoms with Crippen LogP contribution < -0.4 is 11.1 Å². The first-order chi connectivity index (χ1) is 10.6. The van der Waals surface area contributed by atoms with Gasteiger partial charge in [-0.25, -0.2) is 4.98 Å². The summed E-state index contributed by atoms with van der Waals surface area (Å²) >= 11 is 1.41. The highest BCUT2D eigenvalue weighted by Gasteiger charge is 2.38. The van der Waals surface area contributed by atoms with Gasteiger partial charge in [-0.1, -0.05) is 18.9 Å². The normalized spacial score (nSPS) is 22.8. The number of halogens is 2. The third-order valence-corrected chi connectivity index (χ3v) is 4.99. The minimum absolute atomic E-state index is 0. The van der Waals surface area contributed by atoms with Crippen molar-refractivity contribution in [2.24, 2.45) is 11.7 Å². The Morgan fingerprint density at radius 2 is 2.12 bits per heavy atom. The van der Waals surface area contributed by atoms with Crippen molar-refractivity contribution in [1.82, 2.24) is 9.97 Å². The number of nitrogens with zero attached hydrogens (tertiary/aromatic N) is 2. The van der Waals surface area contributed by atoms with E-state index in [1.165, 1.54) is 11.3 Å². The third-order valence-electron chi connectivity index (χ3n) is 4.23. The van der Waals surface area contributed by atoms with Crippen molar-refractivity contribution in [1.29, 1.82) is 0 Å². The maximum absolute atomic E-state index is 12.5. The molecule has 8 heteroatoms. The van der Waals surface area contributed by atoms with Gasteiger partial charge in [-0.3, -0.25) is 9.78 Å². The van der Waals surface area contributed by atoms with Crippen LogP contribution >= 0.6 is 36.2 Å². The zero-order valence-electron chi connectivity index (χ0n) is 13.4. The summed E-state index contributed by atoms with van der Waals surface area (Å²) in [6, 6.07) is 5.68. The van der Waals surface area contributed by atoms with Gasteiger partial charge in [0, 0.05) is 17.1 Å². The fourth-order valence-electron chi connectivity index (χ4n) is 2.94. The van der Waals surface area contributed by atoms with Crippen LogP contribution in [0.2, 0.25) is 0 Å². The summed E-state index contributed by atoms with van der Waals surface area (Å²) in [6.07, 6.45) is 5.62. The lowest BCUT2D eigenvalue weighted by molar-refractivity contribution is -0.122. The number of carbonyl (C=O) groups is 1. The highest BCUT2D eigenvalue weighted by atomic mass is 35.5. The highest BCUT2D eigenvalue weighted by molar-refractivity contribution is 7.14. The standard InChI is InChI=1S/C16H20N4OS.2ClH/c1-16(17)8-4-2-6-11(16)14(21)20-15-19-13(10-22-15)12-7-3-5-9-18-12;;/h3,5,7,9-11H,2,4,6,8,17H2,1H3,(H,19,20,21);2*1H. The summed E-state index contributed by atoms with van der Waals surface area (Å²) in [5, 5.41) is 5.43. The molecule has 0 radical (unpaired) electrons. The van der Waals surface area contributed by atoms with Crippen molar-refractivity contribution < 1.29 is 4.79 Å². The Bertz CT molecular complexity index is 663. The van der Waals surface area contributed by atoms with E-state index >= 15 is 0 Å². The predicted molar refractivity (Wildman–Crippen MR) is 103 cm³/mol. The first kappa shape index (κ1) is 20.8. The quantitative estimate of drug-likeness (QED) is 0.835. The number of carbonyl (C=O) groups excluding carboxylic acids is 1. The van der Waals surface area contributed by atoms with E-state index in [2.05, 4.69) is 15.3 Å². The van der Waals surface area contributed by atoms with Crippen molar-refractivity contribution >= 4 is 47.2 Å². The number of amides is 1. The smallest absolute Gasteiger partial charge is 0.231 e. The summed E-state index contributed by atoms with van der Waals surface area (Å²) < 4.78 is 0. The third kappa shape index (κ3) is 4.66. The van der Waals surface area contributed by atoms with E-state index in [-0.39, 0.29) is 36.6 Å². The Hall–Kier alpha value is -1.21. The van der Waals surface area contributed by atoms with Gasteiger partial charge in [0.1, 0.15) is 5.69 Å². The van der Waals surface area contributed by atoms with Gasteiger partial charge in [0.25, 0.3) is 0 Å². The molecular weight excluding hydrogens is 367 g/mol. The van der Waals surface area contributed by atoms with Gasteiger partial charge in [0.05, 0.1) is 11.6 Å². The molecule has 1 amide bonds. The number of nitrogens with one attached hydrogen (secondary N) is 1. The van der Waals surface area contributed by atoms with E-state index in [0.717, 1.165) is 37.1 Å². The largest absolute Gasteiger partial charge is 0.325 e. The van der Waals surface area contributed by atoms with E-state index < -0.39 is 5.54 Å². The lowest BCUT2D eigenvalue weighted by Gasteiger charge is -2.36. The fourth-order valence-corrected chi connectivity index (χ4v) is 3.65. The topological polar surface area (TPSA) is 80.9 Å². The molecule has 24 heavy (non-hydrogen) atoms. The van der Waals surface area contributed by atoms with Crippen molar-refractivity contribution in [2.45, 2.75) is 38.1 Å². The predicted octanol–water partition coefficient (Wildman–Crippen LogP) is 3.89. The van der Waals surface area contributed by atoms with Crippen molar-refractivity contribution in [3.63, 3.8) is 0 Å². The molecular formula is C16H22Cl2N4OS. The number of pyridine rings is 1. The lowest BCUT2D eigenvalue weighted by atomic mass is 9.74. The van der Waals surface area contributed by atoms with Crippen molar-refractivity contribution in [2.75, 3.05) is 5.32 Å². The highest BCUT2D eigenvalue weighted by Crippen LogP contribution is 2.33. The monoisotopic (exact) mass is 388 g/mol. The molecule has 2 aromatic heterocycles. The maximum Gasteiger partial charge on any atom is 0.231 e. The molecule has 2 heterocycles. The van der Waals surface area contributed by atoms with Crippen molar-refractivity contribution in [3.8, 4) is 11.4 Å². The van der Waals surface area contributed by atoms with E-state index in [4.69, 9.17) is 5.73 Å². The van der Waals surface area contributed by atoms with Crippen LogP contribution in [0.25, 0.3) is 11.4 Å². The van der Waals surface area contributed by atoms with Crippen molar-refractivity contribution in [3.05, 3.63) is 29.8 Å². The van der Waals surface area contributed by atoms with Crippen LogP contribution in [-0.2, 0) is 4.79 Å². The summed E-state index contributed by atoms with van der Waals surface area (Å²) in [6.45, 7) is 1.97. The molecule has 0 bridgehead atoms. The number of thiazole rings is 1. The number of hydrogen-bond acceptors (Lipinski definition) is 5. The molecule has 0 saturated heterocycles. The molecule has 132 valence electrons. The fraction of sp³-hybridized carbons (Fsp3) is 0.438. The number of aromatic nitrogens is 2. The molecule has 1 fully saturated rings. The Morgan fingerprint density at radius 1 is 1.33 bits per heavy atom. The number of hydrogen-bond donors (Lipinski definition) is 2. The molecule has 0 aromatic carbocycles. The average molecular weight is 389 g/mol. The molecule has 2 atom stereocenters. The second kappa shape index (κ2) is 8.76. The van der Waals surface area contributed by atoms with Crippen LogP contribution in [-0.4, -0.2) is 21.4 Å². The summed E-state index contributed by atoms with van der Waals surface area (Å²) in [7, 11) is 0. The lowest BCUT2D eigenvalue weighted by Crippen LogP contribution is -2.51. The Morgan fingerprint density at radius 3 is 2.79 bits per heavy atom. The van der Waals surface area contributed by atoms with Crippen LogP contribution in [0.15, 0.2) is 29.8 Å². The average Bonchev–Trinajstić information content (AvgIpc) is 2.96. The first-order valence-electron chi connectivity index (χ1n) is 7.53. The van der Waals surface area contributed by atoms with Gasteiger partial charge in [-0.15, -0.1) is 36.2 Å². The minimum Gasteiger partial charge on any atom is -0.325 e. The van der Waals surface area contributed by atoms with Crippen LogP contribution in [0.5, 0.6) is 0 Å². The number of nitrogens with two attached hydrogens (primary N) is 1. The van der Waals surface area contributed by atoms with Crippen LogP contribution in [0.3, 0.4) is 0 Å². The summed E-state index contributed by atoms with van der Waals surface area (Å²) in [4.78, 5) is 21.2. The Kier molecular flexibility index (Phi) is 7.60. The van der Waals surface area contributed by atoms with E-state index in [9.17, 15) is 4.79 Å². The van der Waals surface area contributed by atoms with Gasteiger partial charge in [0.2, 0.25) is 5.91 Å². The number of rotatable bonds is 3. The zero-order chi connectivity index (χ0) is 15.6. The molecule has 1 saturated carbocycles. The molecule has 2 aromatic rings. The molecule has 3 rings (SSSR count). The van der Waals surface area contributed by atoms with Gasteiger partial charge in [-0.05, 0) is 31.9 Å². The summed E-state index contributed by atoms with van der Waals surface area (Å²) in [5.74, 6) is -0.171. The van der Waals surface area contributed by atoms with Gasteiger partial charge in [0.15, 0.2) is 5.13 Å². The second-order valence-electron chi connectivity index (χ2n) is 6.05. The molecule has 5 nitrogen and oxygen atoms in total.